The molecule has 0 aliphatic heterocycles. The summed E-state index contributed by atoms with van der Waals surface area (Å²) in [6.45, 7) is 0.550. The van der Waals surface area contributed by atoms with Gasteiger partial charge in [0.2, 0.25) is 0 Å². The zero-order valence-electron chi connectivity index (χ0n) is 17.3. The van der Waals surface area contributed by atoms with Gasteiger partial charge >= 0.3 is 12.4 Å². The molecule has 1 aromatic heterocycles. The van der Waals surface area contributed by atoms with E-state index in [1.54, 1.807) is 24.3 Å². The molecule has 0 radical (unpaired) electrons. The first kappa shape index (κ1) is 23.7. The Kier molecular flexibility index (Phi) is 6.09. The van der Waals surface area contributed by atoms with E-state index < -0.39 is 29.0 Å². The highest BCUT2D eigenvalue weighted by Crippen LogP contribution is 2.38. The molecule has 3 aromatic carbocycles. The van der Waals surface area contributed by atoms with Crippen molar-refractivity contribution in [3.05, 3.63) is 82.9 Å². The molecule has 4 aromatic rings. The summed E-state index contributed by atoms with van der Waals surface area (Å²) in [4.78, 5) is 0. The third-order valence-electron chi connectivity index (χ3n) is 5.43. The summed E-state index contributed by atoms with van der Waals surface area (Å²) in [5.41, 5.74) is -1.46. The van der Waals surface area contributed by atoms with Crippen LogP contribution in [0, 0.1) is 11.3 Å². The van der Waals surface area contributed by atoms with Gasteiger partial charge in [-0.3, -0.25) is 0 Å². The molecular formula is C25H15ClF6N2. The van der Waals surface area contributed by atoms with Gasteiger partial charge in [0.05, 0.1) is 22.8 Å². The van der Waals surface area contributed by atoms with Gasteiger partial charge in [-0.2, -0.15) is 31.6 Å². The molecule has 34 heavy (non-hydrogen) atoms. The highest BCUT2D eigenvalue weighted by molar-refractivity contribution is 6.18. The Morgan fingerprint density at radius 2 is 1.47 bits per heavy atom. The molecule has 0 bridgehead atoms. The number of fused-ring (bicyclic) bond motifs is 3. The summed E-state index contributed by atoms with van der Waals surface area (Å²) in [5.74, 6) is 0.380. The first-order chi connectivity index (χ1) is 16.0. The molecule has 0 N–H and O–H groups in total. The second-order valence-electron chi connectivity index (χ2n) is 7.60. The lowest BCUT2D eigenvalue weighted by molar-refractivity contribution is -0.143. The molecule has 0 atom stereocenters. The minimum atomic E-state index is -5.00. The number of nitriles is 1. The number of aromatic nitrogens is 1. The Labute approximate surface area is 195 Å². The molecule has 174 valence electrons. The summed E-state index contributed by atoms with van der Waals surface area (Å²) in [7, 11) is 0. The van der Waals surface area contributed by atoms with Crippen molar-refractivity contribution in [2.75, 3.05) is 5.88 Å². The Morgan fingerprint density at radius 3 is 2.06 bits per heavy atom. The van der Waals surface area contributed by atoms with Gasteiger partial charge in [0.1, 0.15) is 0 Å². The lowest BCUT2D eigenvalue weighted by atomic mass is 9.97. The minimum absolute atomic E-state index is 0.0380. The third kappa shape index (κ3) is 4.48. The quantitative estimate of drug-likeness (QED) is 0.122. The van der Waals surface area contributed by atoms with Crippen LogP contribution in [0.5, 0.6) is 0 Å². The Bertz CT molecular complexity index is 1420. The second kappa shape index (κ2) is 8.73. The monoisotopic (exact) mass is 492 g/mol. The van der Waals surface area contributed by atoms with Gasteiger partial charge < -0.3 is 4.57 Å². The van der Waals surface area contributed by atoms with Crippen molar-refractivity contribution in [3.63, 3.8) is 0 Å². The number of allylic oxidation sites excluding steroid dienone is 1. The van der Waals surface area contributed by atoms with E-state index >= 15 is 0 Å². The molecule has 2 nitrogen and oxygen atoms in total. The highest BCUT2D eigenvalue weighted by atomic mass is 35.5. The first-order valence-electron chi connectivity index (χ1n) is 10.0. The summed E-state index contributed by atoms with van der Waals surface area (Å²) in [5, 5.41) is 11.3. The molecule has 0 fully saturated rings. The van der Waals surface area contributed by atoms with E-state index in [-0.39, 0.29) is 11.6 Å². The van der Waals surface area contributed by atoms with E-state index in [1.165, 1.54) is 6.08 Å². The van der Waals surface area contributed by atoms with Crippen molar-refractivity contribution in [1.82, 2.24) is 4.57 Å². The normalized spacial score (nSPS) is 12.9. The highest BCUT2D eigenvalue weighted by Gasteiger charge is 2.37. The van der Waals surface area contributed by atoms with Gasteiger partial charge in [0.25, 0.3) is 0 Å². The van der Waals surface area contributed by atoms with Gasteiger partial charge in [-0.15, -0.1) is 11.6 Å². The summed E-state index contributed by atoms with van der Waals surface area (Å²) in [6.07, 6.45) is -8.72. The predicted octanol–water partition coefficient (Wildman–Crippen LogP) is 8.14. The van der Waals surface area contributed by atoms with E-state index in [0.717, 1.165) is 21.8 Å². The van der Waals surface area contributed by atoms with Gasteiger partial charge in [-0.05, 0) is 53.6 Å². The van der Waals surface area contributed by atoms with Crippen LogP contribution >= 0.6 is 11.6 Å². The summed E-state index contributed by atoms with van der Waals surface area (Å²) in [6, 6.07) is 15.6. The predicted molar refractivity (Wildman–Crippen MR) is 120 cm³/mol. The van der Waals surface area contributed by atoms with Crippen molar-refractivity contribution in [3.8, 4) is 6.07 Å². The van der Waals surface area contributed by atoms with Crippen LogP contribution < -0.4 is 0 Å². The van der Waals surface area contributed by atoms with Crippen LogP contribution in [0.25, 0.3) is 33.5 Å². The van der Waals surface area contributed by atoms with Crippen LogP contribution in [0.4, 0.5) is 26.3 Å². The Hall–Kier alpha value is -3.44. The second-order valence-corrected chi connectivity index (χ2v) is 7.98. The largest absolute Gasteiger partial charge is 0.416 e. The van der Waals surface area contributed by atoms with Gasteiger partial charge in [0, 0.05) is 34.2 Å². The van der Waals surface area contributed by atoms with E-state index in [9.17, 15) is 31.6 Å². The number of para-hydroxylation sites is 1. The molecule has 0 amide bonds. The number of aryl methyl sites for hydroxylation is 1. The molecule has 9 heteroatoms. The smallest absolute Gasteiger partial charge is 0.339 e. The van der Waals surface area contributed by atoms with Crippen LogP contribution in [-0.4, -0.2) is 10.4 Å². The first-order valence-corrected chi connectivity index (χ1v) is 10.5. The molecular weight excluding hydrogens is 478 g/mol. The fraction of sp³-hybridized carbons (Fsp3) is 0.160. The Balaban J connectivity index is 1.89. The maximum absolute atomic E-state index is 13.2. The van der Waals surface area contributed by atoms with Crippen LogP contribution in [0.3, 0.4) is 0 Å². The van der Waals surface area contributed by atoms with Crippen LogP contribution in [-0.2, 0) is 18.9 Å². The van der Waals surface area contributed by atoms with E-state index in [0.29, 0.717) is 30.1 Å². The molecule has 0 unspecified atom stereocenters. The molecule has 0 saturated carbocycles. The number of benzene rings is 3. The SMILES string of the molecule is N#CC(=Cc1ccc2c(c1)c1ccccc1n2CCCl)c1cc(C(F)(F)F)cc(C(F)(F)F)c1. The van der Waals surface area contributed by atoms with E-state index in [1.807, 2.05) is 28.8 Å². The number of halogens is 7. The zero-order chi connectivity index (χ0) is 24.7. The molecule has 0 saturated heterocycles. The van der Waals surface area contributed by atoms with Gasteiger partial charge in [-0.25, -0.2) is 0 Å². The van der Waals surface area contributed by atoms with Crippen LogP contribution in [0.1, 0.15) is 22.3 Å². The van der Waals surface area contributed by atoms with Crippen molar-refractivity contribution in [2.24, 2.45) is 0 Å². The fourth-order valence-electron chi connectivity index (χ4n) is 3.94. The maximum Gasteiger partial charge on any atom is 0.416 e. The molecule has 1 heterocycles. The van der Waals surface area contributed by atoms with Gasteiger partial charge in [0.15, 0.2) is 0 Å². The summed E-state index contributed by atoms with van der Waals surface area (Å²) >= 11 is 5.94. The number of hydrogen-bond acceptors (Lipinski definition) is 1. The van der Waals surface area contributed by atoms with Gasteiger partial charge in [-0.1, -0.05) is 24.3 Å². The van der Waals surface area contributed by atoms with Crippen molar-refractivity contribution < 1.29 is 26.3 Å². The van der Waals surface area contributed by atoms with Crippen molar-refractivity contribution in [2.45, 2.75) is 18.9 Å². The standard InChI is InChI=1S/C25H15ClF6N2/c26-7-8-34-22-4-2-1-3-20(22)21-10-15(5-6-23(21)34)9-17(14-33)16-11-18(24(27,28)29)13-19(12-16)25(30,31)32/h1-6,9-13H,7-8H2. The minimum Gasteiger partial charge on any atom is -0.339 e. The van der Waals surface area contributed by atoms with E-state index in [2.05, 4.69) is 0 Å². The zero-order valence-corrected chi connectivity index (χ0v) is 18.1. The average molecular weight is 493 g/mol. The number of hydrogen-bond donors (Lipinski definition) is 0. The number of rotatable bonds is 4. The summed E-state index contributed by atoms with van der Waals surface area (Å²) < 4.78 is 81.4. The topological polar surface area (TPSA) is 28.7 Å². The van der Waals surface area contributed by atoms with Crippen LogP contribution in [0.2, 0.25) is 0 Å². The number of nitrogens with zero attached hydrogens (tertiary/aromatic N) is 2. The average Bonchev–Trinajstić information content (AvgIpc) is 3.09. The Morgan fingerprint density at radius 1 is 0.853 bits per heavy atom. The lowest BCUT2D eigenvalue weighted by Crippen LogP contribution is -2.11. The van der Waals surface area contributed by atoms with E-state index in [4.69, 9.17) is 11.6 Å². The lowest BCUT2D eigenvalue weighted by Gasteiger charge is -2.14. The number of alkyl halides is 7. The molecule has 0 spiro atoms. The van der Waals surface area contributed by atoms with Crippen molar-refractivity contribution >= 4 is 45.1 Å². The fourth-order valence-corrected chi connectivity index (χ4v) is 4.11. The third-order valence-corrected chi connectivity index (χ3v) is 5.60. The maximum atomic E-state index is 13.2. The molecule has 0 aliphatic rings. The molecule has 0 aliphatic carbocycles. The van der Waals surface area contributed by atoms with Crippen LogP contribution in [0.15, 0.2) is 60.7 Å². The molecule has 4 rings (SSSR count). The van der Waals surface area contributed by atoms with Crippen molar-refractivity contribution in [1.29, 1.82) is 5.26 Å².